The van der Waals surface area contributed by atoms with Gasteiger partial charge in [0.1, 0.15) is 0 Å². The Morgan fingerprint density at radius 1 is 1.23 bits per heavy atom. The van der Waals surface area contributed by atoms with Gasteiger partial charge in [-0.1, -0.05) is 28.1 Å². The largest absolute Gasteiger partial charge is 0.327 e. The highest BCUT2D eigenvalue weighted by molar-refractivity contribution is 9.10. The highest BCUT2D eigenvalue weighted by Gasteiger charge is 2.26. The van der Waals surface area contributed by atoms with E-state index in [-0.39, 0.29) is 0 Å². The number of hydrogen-bond donors (Lipinski definition) is 1. The van der Waals surface area contributed by atoms with Crippen molar-refractivity contribution in [1.82, 2.24) is 0 Å². The normalized spacial score (nSPS) is 26.9. The Morgan fingerprint density at radius 2 is 1.92 bits per heavy atom. The van der Waals surface area contributed by atoms with Crippen LogP contribution in [-0.2, 0) is 6.42 Å². The summed E-state index contributed by atoms with van der Waals surface area (Å²) in [6.45, 7) is 0. The smallest absolute Gasteiger partial charge is 0.0175 e. The molecule has 1 aliphatic rings. The van der Waals surface area contributed by atoms with E-state index in [1.807, 2.05) is 0 Å². The first-order chi connectivity index (χ1) is 6.25. The summed E-state index contributed by atoms with van der Waals surface area (Å²) in [5.41, 5.74) is 7.30. The molecule has 1 saturated carbocycles. The third kappa shape index (κ3) is 2.12. The van der Waals surface area contributed by atoms with E-state index < -0.39 is 0 Å². The molecule has 1 fully saturated rings. The Balaban J connectivity index is 1.98. The summed E-state index contributed by atoms with van der Waals surface area (Å²) in [5, 5.41) is 0. The second-order valence-electron chi connectivity index (χ2n) is 3.83. The lowest BCUT2D eigenvalue weighted by atomic mass is 9.76. The van der Waals surface area contributed by atoms with Crippen LogP contribution in [0.5, 0.6) is 0 Å². The van der Waals surface area contributed by atoms with E-state index in [0.717, 1.165) is 16.8 Å². The molecule has 0 spiro atoms. The Labute approximate surface area is 87.5 Å². The number of hydrogen-bond acceptors (Lipinski definition) is 1. The lowest BCUT2D eigenvalue weighted by Crippen LogP contribution is -2.40. The van der Waals surface area contributed by atoms with Gasteiger partial charge in [0.15, 0.2) is 0 Å². The molecule has 1 aromatic carbocycles. The van der Waals surface area contributed by atoms with Crippen LogP contribution in [0.2, 0.25) is 0 Å². The van der Waals surface area contributed by atoms with E-state index in [1.54, 1.807) is 0 Å². The predicted octanol–water partition coefficient (Wildman–Crippen LogP) is 2.73. The van der Waals surface area contributed by atoms with Crippen molar-refractivity contribution in [2.75, 3.05) is 0 Å². The van der Waals surface area contributed by atoms with Gasteiger partial charge in [-0.15, -0.1) is 0 Å². The van der Waals surface area contributed by atoms with Crippen molar-refractivity contribution in [3.05, 3.63) is 34.3 Å². The molecule has 0 aromatic heterocycles. The third-order valence-electron chi connectivity index (χ3n) is 2.89. The molecule has 1 aromatic rings. The van der Waals surface area contributed by atoms with Gasteiger partial charge in [0.25, 0.3) is 0 Å². The Hall–Kier alpha value is -0.340. The molecule has 2 unspecified atom stereocenters. The maximum atomic E-state index is 5.89. The van der Waals surface area contributed by atoms with E-state index in [2.05, 4.69) is 40.2 Å². The summed E-state index contributed by atoms with van der Waals surface area (Å²) in [4.78, 5) is 0. The monoisotopic (exact) mass is 239 g/mol. The molecule has 2 rings (SSSR count). The van der Waals surface area contributed by atoms with E-state index in [1.165, 1.54) is 18.4 Å². The minimum Gasteiger partial charge on any atom is -0.327 e. The fourth-order valence-corrected chi connectivity index (χ4v) is 2.04. The second-order valence-corrected chi connectivity index (χ2v) is 4.75. The molecule has 0 bridgehead atoms. The number of halogens is 1. The fraction of sp³-hybridized carbons (Fsp3) is 0.455. The molecule has 1 nitrogen and oxygen atoms in total. The molecule has 0 amide bonds. The second kappa shape index (κ2) is 3.81. The van der Waals surface area contributed by atoms with Crippen LogP contribution in [0, 0.1) is 5.92 Å². The first kappa shape index (κ1) is 9.22. The van der Waals surface area contributed by atoms with Gasteiger partial charge in [-0.2, -0.15) is 0 Å². The zero-order valence-electron chi connectivity index (χ0n) is 7.54. The standard InChI is InChI=1S/C11H14BrN/c12-10-4-1-8(2-5-10)7-9-3-6-11(9)13/h1-2,4-5,9,11H,3,6-7,13H2. The third-order valence-corrected chi connectivity index (χ3v) is 3.42. The molecule has 1 aliphatic carbocycles. The Morgan fingerprint density at radius 3 is 2.38 bits per heavy atom. The van der Waals surface area contributed by atoms with Crippen molar-refractivity contribution in [3.8, 4) is 0 Å². The molecule has 0 aliphatic heterocycles. The SMILES string of the molecule is NC1CCC1Cc1ccc(Br)cc1. The molecule has 0 heterocycles. The molecule has 0 radical (unpaired) electrons. The molecule has 2 N–H and O–H groups in total. The van der Waals surface area contributed by atoms with Gasteiger partial charge in [-0.25, -0.2) is 0 Å². The molecule has 13 heavy (non-hydrogen) atoms. The zero-order valence-corrected chi connectivity index (χ0v) is 9.13. The summed E-state index contributed by atoms with van der Waals surface area (Å²) in [7, 11) is 0. The molecule has 2 atom stereocenters. The summed E-state index contributed by atoms with van der Waals surface area (Å²) < 4.78 is 1.15. The topological polar surface area (TPSA) is 26.0 Å². The van der Waals surface area contributed by atoms with Gasteiger partial charge in [0, 0.05) is 10.5 Å². The lowest BCUT2D eigenvalue weighted by Gasteiger charge is -2.33. The molecular weight excluding hydrogens is 226 g/mol. The van der Waals surface area contributed by atoms with Crippen molar-refractivity contribution < 1.29 is 0 Å². The highest BCUT2D eigenvalue weighted by Crippen LogP contribution is 2.29. The van der Waals surface area contributed by atoms with Crippen LogP contribution >= 0.6 is 15.9 Å². The van der Waals surface area contributed by atoms with Crippen molar-refractivity contribution in [1.29, 1.82) is 0 Å². The summed E-state index contributed by atoms with van der Waals surface area (Å²) in [6.07, 6.45) is 3.66. The Bertz CT molecular complexity index is 281. The van der Waals surface area contributed by atoms with Crippen LogP contribution in [-0.4, -0.2) is 6.04 Å². The van der Waals surface area contributed by atoms with Crippen molar-refractivity contribution in [2.24, 2.45) is 11.7 Å². The Kier molecular flexibility index (Phi) is 2.70. The number of rotatable bonds is 2. The van der Waals surface area contributed by atoms with Gasteiger partial charge < -0.3 is 5.73 Å². The van der Waals surface area contributed by atoms with E-state index in [9.17, 15) is 0 Å². The van der Waals surface area contributed by atoms with Crippen LogP contribution in [0.15, 0.2) is 28.7 Å². The first-order valence-corrected chi connectivity index (χ1v) is 5.55. The summed E-state index contributed by atoms with van der Waals surface area (Å²) in [6, 6.07) is 8.99. The zero-order chi connectivity index (χ0) is 9.26. The van der Waals surface area contributed by atoms with Gasteiger partial charge >= 0.3 is 0 Å². The maximum absolute atomic E-state index is 5.89. The summed E-state index contributed by atoms with van der Waals surface area (Å²) >= 11 is 3.43. The predicted molar refractivity (Wildman–Crippen MR) is 58.5 cm³/mol. The first-order valence-electron chi connectivity index (χ1n) is 4.76. The van der Waals surface area contributed by atoms with Crippen molar-refractivity contribution in [3.63, 3.8) is 0 Å². The van der Waals surface area contributed by atoms with Crippen LogP contribution in [0.25, 0.3) is 0 Å². The maximum Gasteiger partial charge on any atom is 0.0175 e. The van der Waals surface area contributed by atoms with Crippen LogP contribution in [0.4, 0.5) is 0 Å². The minimum absolute atomic E-state index is 0.448. The van der Waals surface area contributed by atoms with Crippen molar-refractivity contribution in [2.45, 2.75) is 25.3 Å². The van der Waals surface area contributed by atoms with E-state index >= 15 is 0 Å². The van der Waals surface area contributed by atoms with Crippen LogP contribution < -0.4 is 5.73 Å². The fourth-order valence-electron chi connectivity index (χ4n) is 1.77. The molecule has 2 heteroatoms. The average Bonchev–Trinajstić information content (AvgIpc) is 2.15. The highest BCUT2D eigenvalue weighted by atomic mass is 79.9. The quantitative estimate of drug-likeness (QED) is 0.845. The number of nitrogens with two attached hydrogens (primary N) is 1. The lowest BCUT2D eigenvalue weighted by molar-refractivity contribution is 0.256. The molecule has 0 saturated heterocycles. The average molecular weight is 240 g/mol. The van der Waals surface area contributed by atoms with Gasteiger partial charge in [-0.3, -0.25) is 0 Å². The van der Waals surface area contributed by atoms with Crippen LogP contribution in [0.1, 0.15) is 18.4 Å². The van der Waals surface area contributed by atoms with E-state index in [4.69, 9.17) is 5.73 Å². The summed E-state index contributed by atoms with van der Waals surface area (Å²) in [5.74, 6) is 0.723. The van der Waals surface area contributed by atoms with Crippen molar-refractivity contribution >= 4 is 15.9 Å². The number of benzene rings is 1. The minimum atomic E-state index is 0.448. The van der Waals surface area contributed by atoms with Crippen LogP contribution in [0.3, 0.4) is 0 Å². The molecule has 70 valence electrons. The van der Waals surface area contributed by atoms with Gasteiger partial charge in [0.2, 0.25) is 0 Å². The van der Waals surface area contributed by atoms with E-state index in [0.29, 0.717) is 6.04 Å². The molecular formula is C11H14BrN. The van der Waals surface area contributed by atoms with Gasteiger partial charge in [0.05, 0.1) is 0 Å². The van der Waals surface area contributed by atoms with Gasteiger partial charge in [-0.05, 0) is 42.9 Å².